The molecule has 1 aliphatic heterocycles. The van der Waals surface area contributed by atoms with E-state index >= 15 is 0 Å². The van der Waals surface area contributed by atoms with Crippen LogP contribution >= 0.6 is 11.6 Å². The number of nitrogens with one attached hydrogen (secondary N) is 1. The lowest BCUT2D eigenvalue weighted by Crippen LogP contribution is -2.36. The van der Waals surface area contributed by atoms with Gasteiger partial charge in [-0.1, -0.05) is 0 Å². The highest BCUT2D eigenvalue weighted by molar-refractivity contribution is 6.18. The van der Waals surface area contributed by atoms with Gasteiger partial charge < -0.3 is 20.1 Å². The molecule has 0 bridgehead atoms. The maximum Gasteiger partial charge on any atom is 0.0847 e. The number of halogens is 1. The van der Waals surface area contributed by atoms with Crippen molar-refractivity contribution in [1.29, 1.82) is 0 Å². The maximum absolute atomic E-state index is 9.43. The van der Waals surface area contributed by atoms with Crippen LogP contribution in [0, 0.1) is 6.92 Å². The quantitative estimate of drug-likeness (QED) is 0.810. The summed E-state index contributed by atoms with van der Waals surface area (Å²) in [6.07, 6.45) is -0.513. The summed E-state index contributed by atoms with van der Waals surface area (Å²) in [5.74, 6) is 0.248. The topological polar surface area (TPSA) is 44.7 Å². The molecule has 1 fully saturated rings. The van der Waals surface area contributed by atoms with Gasteiger partial charge in [0.15, 0.2) is 0 Å². The molecule has 4 nitrogen and oxygen atoms in total. The highest BCUT2D eigenvalue weighted by Gasteiger charge is 2.13. The van der Waals surface area contributed by atoms with E-state index < -0.39 is 6.10 Å². The summed E-state index contributed by atoms with van der Waals surface area (Å²) in [5, 5.41) is 12.6. The largest absolute Gasteiger partial charge is 0.390 e. The molecule has 5 heteroatoms. The van der Waals surface area contributed by atoms with E-state index in [1.54, 1.807) is 0 Å². The summed E-state index contributed by atoms with van der Waals surface area (Å²) in [4.78, 5) is 2.34. The fraction of sp³-hybridized carbons (Fsp3) is 0.571. The third-order valence-corrected chi connectivity index (χ3v) is 3.62. The number of ether oxygens (including phenoxy) is 1. The number of benzene rings is 1. The van der Waals surface area contributed by atoms with E-state index in [1.165, 1.54) is 11.3 Å². The minimum Gasteiger partial charge on any atom is -0.390 e. The van der Waals surface area contributed by atoms with Crippen LogP contribution in [0.5, 0.6) is 0 Å². The Labute approximate surface area is 119 Å². The zero-order chi connectivity index (χ0) is 13.7. The average molecular weight is 285 g/mol. The molecule has 1 unspecified atom stereocenters. The number of alkyl halides is 1. The Balaban J connectivity index is 2.00. The van der Waals surface area contributed by atoms with E-state index in [0.717, 1.165) is 32.0 Å². The number of hydrogen-bond donors (Lipinski definition) is 2. The first-order valence-corrected chi connectivity index (χ1v) is 7.15. The van der Waals surface area contributed by atoms with Gasteiger partial charge in [-0.05, 0) is 30.7 Å². The van der Waals surface area contributed by atoms with E-state index in [-0.39, 0.29) is 5.88 Å². The van der Waals surface area contributed by atoms with Crippen LogP contribution in [-0.4, -0.2) is 49.9 Å². The first kappa shape index (κ1) is 14.4. The van der Waals surface area contributed by atoms with Crippen molar-refractivity contribution in [1.82, 2.24) is 0 Å². The van der Waals surface area contributed by atoms with Crippen LogP contribution in [0.4, 0.5) is 11.4 Å². The zero-order valence-electron chi connectivity index (χ0n) is 11.2. The molecule has 1 atom stereocenters. The Morgan fingerprint density at radius 1 is 1.42 bits per heavy atom. The lowest BCUT2D eigenvalue weighted by Gasteiger charge is -2.30. The number of aryl methyl sites for hydroxylation is 1. The molecule has 19 heavy (non-hydrogen) atoms. The lowest BCUT2D eigenvalue weighted by atomic mass is 10.1. The number of aliphatic hydroxyl groups excluding tert-OH is 1. The number of anilines is 2. The molecular formula is C14H21ClN2O2. The predicted molar refractivity (Wildman–Crippen MR) is 79.4 cm³/mol. The van der Waals surface area contributed by atoms with Crippen LogP contribution in [0.25, 0.3) is 0 Å². The molecular weight excluding hydrogens is 264 g/mol. The molecule has 1 aromatic carbocycles. The second-order valence-corrected chi connectivity index (χ2v) is 5.10. The molecule has 0 aliphatic carbocycles. The average Bonchev–Trinajstić information content (AvgIpc) is 2.45. The summed E-state index contributed by atoms with van der Waals surface area (Å²) < 4.78 is 5.37. The summed E-state index contributed by atoms with van der Waals surface area (Å²) >= 11 is 5.57. The minimum atomic E-state index is -0.513. The summed E-state index contributed by atoms with van der Waals surface area (Å²) in [6, 6.07) is 6.26. The Morgan fingerprint density at radius 3 is 2.79 bits per heavy atom. The zero-order valence-corrected chi connectivity index (χ0v) is 12.0. The van der Waals surface area contributed by atoms with Gasteiger partial charge in [0.05, 0.1) is 25.2 Å². The SMILES string of the molecule is Cc1cc(NCC(O)CCl)ccc1N1CCOCC1. The standard InChI is InChI=1S/C14H21ClN2O2/c1-11-8-12(16-10-13(18)9-15)2-3-14(11)17-4-6-19-7-5-17/h2-3,8,13,16,18H,4-7,9-10H2,1H3. The van der Waals surface area contributed by atoms with Crippen molar-refractivity contribution in [3.05, 3.63) is 23.8 Å². The van der Waals surface area contributed by atoms with Crippen molar-refractivity contribution in [3.63, 3.8) is 0 Å². The Bertz CT molecular complexity index is 408. The molecule has 2 N–H and O–H groups in total. The van der Waals surface area contributed by atoms with Gasteiger partial charge in [0, 0.05) is 31.0 Å². The molecule has 2 rings (SSSR count). The number of rotatable bonds is 5. The molecule has 0 saturated carbocycles. The van der Waals surface area contributed by atoms with Gasteiger partial charge >= 0.3 is 0 Å². The Hall–Kier alpha value is -0.970. The van der Waals surface area contributed by atoms with Crippen molar-refractivity contribution >= 4 is 23.0 Å². The Kier molecular flexibility index (Phi) is 5.31. The normalized spacial score (nSPS) is 17.3. The number of morpholine rings is 1. The summed E-state index contributed by atoms with van der Waals surface area (Å²) in [5.41, 5.74) is 3.50. The van der Waals surface area contributed by atoms with Crippen LogP contribution in [0.3, 0.4) is 0 Å². The molecule has 1 aromatic rings. The smallest absolute Gasteiger partial charge is 0.0847 e. The molecule has 0 radical (unpaired) electrons. The lowest BCUT2D eigenvalue weighted by molar-refractivity contribution is 0.122. The summed E-state index contributed by atoms with van der Waals surface area (Å²) in [6.45, 7) is 6.05. The second kappa shape index (κ2) is 6.98. The van der Waals surface area contributed by atoms with Gasteiger partial charge in [0.2, 0.25) is 0 Å². The van der Waals surface area contributed by atoms with Crippen LogP contribution in [0.1, 0.15) is 5.56 Å². The van der Waals surface area contributed by atoms with Gasteiger partial charge in [0.25, 0.3) is 0 Å². The van der Waals surface area contributed by atoms with Crippen molar-refractivity contribution in [2.24, 2.45) is 0 Å². The first-order valence-electron chi connectivity index (χ1n) is 6.62. The van der Waals surface area contributed by atoms with Gasteiger partial charge in [-0.2, -0.15) is 0 Å². The van der Waals surface area contributed by atoms with Gasteiger partial charge in [0.1, 0.15) is 0 Å². The molecule has 0 amide bonds. The molecule has 1 heterocycles. The number of hydrogen-bond acceptors (Lipinski definition) is 4. The maximum atomic E-state index is 9.43. The van der Waals surface area contributed by atoms with Crippen LogP contribution < -0.4 is 10.2 Å². The van der Waals surface area contributed by atoms with Crippen molar-refractivity contribution in [2.45, 2.75) is 13.0 Å². The van der Waals surface area contributed by atoms with E-state index in [4.69, 9.17) is 16.3 Å². The van der Waals surface area contributed by atoms with E-state index in [9.17, 15) is 5.11 Å². The second-order valence-electron chi connectivity index (χ2n) is 4.79. The molecule has 0 aromatic heterocycles. The number of nitrogens with zero attached hydrogens (tertiary/aromatic N) is 1. The third-order valence-electron chi connectivity index (χ3n) is 3.27. The minimum absolute atomic E-state index is 0.248. The monoisotopic (exact) mass is 284 g/mol. The van der Waals surface area contributed by atoms with Crippen molar-refractivity contribution in [2.75, 3.05) is 48.9 Å². The van der Waals surface area contributed by atoms with Gasteiger partial charge in [-0.25, -0.2) is 0 Å². The van der Waals surface area contributed by atoms with Gasteiger partial charge in [-0.3, -0.25) is 0 Å². The van der Waals surface area contributed by atoms with Crippen LogP contribution in [-0.2, 0) is 4.74 Å². The molecule has 106 valence electrons. The molecule has 0 spiro atoms. The Morgan fingerprint density at radius 2 is 2.16 bits per heavy atom. The molecule has 1 saturated heterocycles. The van der Waals surface area contributed by atoms with E-state index in [2.05, 4.69) is 29.3 Å². The van der Waals surface area contributed by atoms with Crippen molar-refractivity contribution < 1.29 is 9.84 Å². The van der Waals surface area contributed by atoms with Crippen molar-refractivity contribution in [3.8, 4) is 0 Å². The van der Waals surface area contributed by atoms with Crippen LogP contribution in [0.15, 0.2) is 18.2 Å². The fourth-order valence-corrected chi connectivity index (χ4v) is 2.32. The highest BCUT2D eigenvalue weighted by atomic mass is 35.5. The fourth-order valence-electron chi connectivity index (χ4n) is 2.21. The predicted octanol–water partition coefficient (Wildman–Crippen LogP) is 1.84. The summed E-state index contributed by atoms with van der Waals surface area (Å²) in [7, 11) is 0. The highest BCUT2D eigenvalue weighted by Crippen LogP contribution is 2.24. The van der Waals surface area contributed by atoms with Crippen LogP contribution in [0.2, 0.25) is 0 Å². The third kappa shape index (κ3) is 4.00. The molecule has 1 aliphatic rings. The number of aliphatic hydroxyl groups is 1. The van der Waals surface area contributed by atoms with E-state index in [1.807, 2.05) is 6.07 Å². The van der Waals surface area contributed by atoms with E-state index in [0.29, 0.717) is 6.54 Å². The van der Waals surface area contributed by atoms with Gasteiger partial charge in [-0.15, -0.1) is 11.6 Å². The first-order chi connectivity index (χ1) is 9.20.